The fourth-order valence-electron chi connectivity index (χ4n) is 4.71. The van der Waals surface area contributed by atoms with Crippen LogP contribution in [-0.2, 0) is 25.8 Å². The third-order valence-corrected chi connectivity index (χ3v) is 7.52. The van der Waals surface area contributed by atoms with Crippen LogP contribution in [0.4, 0.5) is 5.00 Å². The molecule has 0 bridgehead atoms. The quantitative estimate of drug-likeness (QED) is 0.673. The van der Waals surface area contributed by atoms with Crippen molar-refractivity contribution in [2.75, 3.05) is 18.4 Å². The Morgan fingerprint density at radius 1 is 1.23 bits per heavy atom. The molecule has 0 saturated carbocycles. The van der Waals surface area contributed by atoms with Crippen LogP contribution in [0.5, 0.6) is 0 Å². The van der Waals surface area contributed by atoms with Crippen molar-refractivity contribution in [3.8, 4) is 6.07 Å². The van der Waals surface area contributed by atoms with Crippen molar-refractivity contribution in [2.24, 2.45) is 0 Å². The maximum atomic E-state index is 13.6. The fraction of sp³-hybridized carbons (Fsp3) is 0.375. The highest BCUT2D eigenvalue weighted by molar-refractivity contribution is 7.16. The van der Waals surface area contributed by atoms with E-state index >= 15 is 0 Å². The molecule has 5 nitrogen and oxygen atoms in total. The number of fused-ring (bicyclic) bond motifs is 3. The van der Waals surface area contributed by atoms with Gasteiger partial charge in [-0.15, -0.1) is 11.3 Å². The highest BCUT2D eigenvalue weighted by Gasteiger charge is 2.27. The standard InChI is InChI=1S/C24H24N4OS/c1-2-28-12-11-20-18(14-28)22(16-8-3-5-9-19(16)26-20)23(29)27-24-17(13-25)15-7-4-6-10-21(15)30-24/h3,5,8-9H,2,4,6-7,10-12,14H2,1H3,(H,27,29). The molecule has 0 spiro atoms. The molecular formula is C24H24N4OS. The van der Waals surface area contributed by atoms with Crippen LogP contribution in [-0.4, -0.2) is 28.9 Å². The number of pyridine rings is 1. The lowest BCUT2D eigenvalue weighted by Crippen LogP contribution is -2.33. The SMILES string of the molecule is CCN1CCc2nc3ccccc3c(C(=O)Nc3sc4c(c3C#N)CCCC4)c2C1. The second kappa shape index (κ2) is 7.82. The van der Waals surface area contributed by atoms with E-state index in [-0.39, 0.29) is 5.91 Å². The summed E-state index contributed by atoms with van der Waals surface area (Å²) in [5.41, 5.74) is 5.42. The van der Waals surface area contributed by atoms with Crippen LogP contribution in [0.2, 0.25) is 0 Å². The molecule has 1 aromatic carbocycles. The van der Waals surface area contributed by atoms with Gasteiger partial charge in [-0.25, -0.2) is 0 Å². The summed E-state index contributed by atoms with van der Waals surface area (Å²) in [6, 6.07) is 10.2. The Hall–Kier alpha value is -2.75. The zero-order valence-electron chi connectivity index (χ0n) is 17.1. The number of nitrogens with zero attached hydrogens (tertiary/aromatic N) is 3. The average molecular weight is 417 g/mol. The number of anilines is 1. The fourth-order valence-corrected chi connectivity index (χ4v) is 5.95. The molecule has 1 aliphatic carbocycles. The monoisotopic (exact) mass is 416 g/mol. The number of thiophene rings is 1. The van der Waals surface area contributed by atoms with E-state index in [1.807, 2.05) is 24.3 Å². The smallest absolute Gasteiger partial charge is 0.257 e. The van der Waals surface area contributed by atoms with Crippen LogP contribution in [0, 0.1) is 11.3 Å². The van der Waals surface area contributed by atoms with Crippen LogP contribution in [0.1, 0.15) is 57.4 Å². The number of hydrogen-bond acceptors (Lipinski definition) is 5. The van der Waals surface area contributed by atoms with Crippen molar-refractivity contribution in [3.63, 3.8) is 0 Å². The van der Waals surface area contributed by atoms with Crippen LogP contribution < -0.4 is 5.32 Å². The van der Waals surface area contributed by atoms with Crippen molar-refractivity contribution < 1.29 is 4.79 Å². The number of aryl methyl sites for hydroxylation is 1. The number of hydrogen-bond donors (Lipinski definition) is 1. The van der Waals surface area contributed by atoms with E-state index in [1.165, 1.54) is 4.88 Å². The topological polar surface area (TPSA) is 69.0 Å². The summed E-state index contributed by atoms with van der Waals surface area (Å²) in [5.74, 6) is -0.127. The molecule has 0 atom stereocenters. The minimum absolute atomic E-state index is 0.127. The van der Waals surface area contributed by atoms with Crippen molar-refractivity contribution in [3.05, 3.63) is 57.1 Å². The molecule has 6 heteroatoms. The molecule has 152 valence electrons. The first-order valence-corrected chi connectivity index (χ1v) is 11.5. The number of likely N-dealkylation sites (N-methyl/N-ethyl adjacent to an activating group) is 1. The van der Waals surface area contributed by atoms with Crippen LogP contribution >= 0.6 is 11.3 Å². The van der Waals surface area contributed by atoms with Gasteiger partial charge in [-0.1, -0.05) is 25.1 Å². The van der Waals surface area contributed by atoms with Gasteiger partial charge in [0.15, 0.2) is 0 Å². The van der Waals surface area contributed by atoms with Crippen molar-refractivity contribution in [2.45, 2.75) is 45.6 Å². The zero-order valence-corrected chi connectivity index (χ0v) is 17.9. The molecule has 0 unspecified atom stereocenters. The van der Waals surface area contributed by atoms with Crippen molar-refractivity contribution >= 4 is 33.1 Å². The highest BCUT2D eigenvalue weighted by atomic mass is 32.1. The van der Waals surface area contributed by atoms with Crippen molar-refractivity contribution in [1.82, 2.24) is 9.88 Å². The predicted octanol–water partition coefficient (Wildman–Crippen LogP) is 4.68. The third kappa shape index (κ3) is 3.19. The van der Waals surface area contributed by atoms with E-state index in [0.29, 0.717) is 16.1 Å². The van der Waals surface area contributed by atoms with Crippen LogP contribution in [0.3, 0.4) is 0 Å². The molecule has 3 aromatic rings. The predicted molar refractivity (Wildman–Crippen MR) is 120 cm³/mol. The van der Waals surface area contributed by atoms with Gasteiger partial charge in [0.2, 0.25) is 0 Å². The Balaban J connectivity index is 1.60. The third-order valence-electron chi connectivity index (χ3n) is 6.31. The van der Waals surface area contributed by atoms with Crippen LogP contribution in [0.25, 0.3) is 10.9 Å². The molecule has 2 aromatic heterocycles. The van der Waals surface area contributed by atoms with Gasteiger partial charge < -0.3 is 5.32 Å². The van der Waals surface area contributed by atoms with Gasteiger partial charge >= 0.3 is 0 Å². The molecule has 0 fully saturated rings. The number of benzene rings is 1. The van der Waals surface area contributed by atoms with E-state index in [0.717, 1.165) is 79.5 Å². The Kier molecular flexibility index (Phi) is 5.01. The number of para-hydroxylation sites is 1. The number of aromatic nitrogens is 1. The summed E-state index contributed by atoms with van der Waals surface area (Å²) in [4.78, 5) is 22.1. The van der Waals surface area contributed by atoms with Gasteiger partial charge in [-0.2, -0.15) is 5.26 Å². The molecule has 5 rings (SSSR count). The number of amides is 1. The number of carbonyl (C=O) groups is 1. The Morgan fingerprint density at radius 3 is 2.90 bits per heavy atom. The summed E-state index contributed by atoms with van der Waals surface area (Å²) in [6.07, 6.45) is 5.06. The Morgan fingerprint density at radius 2 is 2.07 bits per heavy atom. The second-order valence-electron chi connectivity index (χ2n) is 8.03. The average Bonchev–Trinajstić information content (AvgIpc) is 3.13. The van der Waals surface area contributed by atoms with Gasteiger partial charge in [0.25, 0.3) is 5.91 Å². The lowest BCUT2D eigenvalue weighted by Gasteiger charge is -2.29. The minimum atomic E-state index is -0.127. The number of nitrogens with one attached hydrogen (secondary N) is 1. The van der Waals surface area contributed by atoms with E-state index in [4.69, 9.17) is 4.98 Å². The second-order valence-corrected chi connectivity index (χ2v) is 9.13. The summed E-state index contributed by atoms with van der Waals surface area (Å²) < 4.78 is 0. The summed E-state index contributed by atoms with van der Waals surface area (Å²) in [5, 5.41) is 14.5. The number of nitriles is 1. The maximum Gasteiger partial charge on any atom is 0.257 e. The summed E-state index contributed by atoms with van der Waals surface area (Å²) >= 11 is 1.58. The van der Waals surface area contributed by atoms with Gasteiger partial charge in [-0.05, 0) is 43.9 Å². The van der Waals surface area contributed by atoms with Gasteiger partial charge in [0.05, 0.1) is 16.6 Å². The van der Waals surface area contributed by atoms with E-state index in [2.05, 4.69) is 23.2 Å². The van der Waals surface area contributed by atoms with Gasteiger partial charge in [0.1, 0.15) is 11.1 Å². The number of carbonyl (C=O) groups excluding carboxylic acids is 1. The van der Waals surface area contributed by atoms with E-state index in [1.54, 1.807) is 11.3 Å². The van der Waals surface area contributed by atoms with E-state index < -0.39 is 0 Å². The Bertz CT molecular complexity index is 1190. The maximum absolute atomic E-state index is 13.6. The molecule has 1 aliphatic heterocycles. The van der Waals surface area contributed by atoms with Crippen molar-refractivity contribution in [1.29, 1.82) is 5.26 Å². The first-order chi connectivity index (χ1) is 14.7. The first-order valence-electron chi connectivity index (χ1n) is 10.7. The molecule has 2 aliphatic rings. The first kappa shape index (κ1) is 19.2. The molecule has 1 amide bonds. The molecule has 0 radical (unpaired) electrons. The van der Waals surface area contributed by atoms with Crippen LogP contribution in [0.15, 0.2) is 24.3 Å². The summed E-state index contributed by atoms with van der Waals surface area (Å²) in [6.45, 7) is 4.79. The minimum Gasteiger partial charge on any atom is -0.312 e. The lowest BCUT2D eigenvalue weighted by molar-refractivity contribution is 0.102. The molecule has 1 N–H and O–H groups in total. The number of rotatable bonds is 3. The molecule has 3 heterocycles. The largest absolute Gasteiger partial charge is 0.312 e. The van der Waals surface area contributed by atoms with Gasteiger partial charge in [0, 0.05) is 41.0 Å². The van der Waals surface area contributed by atoms with E-state index in [9.17, 15) is 10.1 Å². The molecular weight excluding hydrogens is 392 g/mol. The molecule has 0 saturated heterocycles. The Labute approximate surface area is 180 Å². The lowest BCUT2D eigenvalue weighted by atomic mass is 9.94. The summed E-state index contributed by atoms with van der Waals surface area (Å²) in [7, 11) is 0. The highest BCUT2D eigenvalue weighted by Crippen LogP contribution is 2.38. The normalized spacial score (nSPS) is 16.0. The van der Waals surface area contributed by atoms with Gasteiger partial charge in [-0.3, -0.25) is 14.7 Å². The molecule has 30 heavy (non-hydrogen) atoms. The zero-order chi connectivity index (χ0) is 20.7.